The monoisotopic (exact) mass is 385 g/mol. The van der Waals surface area contributed by atoms with Gasteiger partial charge in [0, 0.05) is 23.4 Å². The van der Waals surface area contributed by atoms with Crippen molar-refractivity contribution in [3.05, 3.63) is 47.4 Å². The molecule has 0 spiro atoms. The maximum atomic E-state index is 12.7. The minimum atomic E-state index is -1.22. The number of rotatable bonds is 5. The lowest BCUT2D eigenvalue weighted by atomic mass is 10.1. The fraction of sp³-hybridized carbons (Fsp3) is 0.263. The molecule has 1 aromatic carbocycles. The second-order valence-corrected chi connectivity index (χ2v) is 6.33. The molecule has 146 valence electrons. The minimum Gasteiger partial charge on any atom is -0.479 e. The van der Waals surface area contributed by atoms with Gasteiger partial charge in [0.25, 0.3) is 5.91 Å². The first-order valence-electron chi connectivity index (χ1n) is 8.52. The summed E-state index contributed by atoms with van der Waals surface area (Å²) in [5, 5.41) is 15.1. The van der Waals surface area contributed by atoms with Gasteiger partial charge >= 0.3 is 5.97 Å². The summed E-state index contributed by atoms with van der Waals surface area (Å²) in [6.07, 6.45) is 0.991. The number of aromatic nitrogens is 1. The normalized spacial score (nSPS) is 16.0. The largest absolute Gasteiger partial charge is 0.479 e. The van der Waals surface area contributed by atoms with E-state index in [-0.39, 0.29) is 12.5 Å². The molecule has 3 rings (SSSR count). The van der Waals surface area contributed by atoms with E-state index in [0.717, 1.165) is 17.7 Å². The van der Waals surface area contributed by atoms with Gasteiger partial charge in [0.2, 0.25) is 5.91 Å². The Morgan fingerprint density at radius 3 is 2.71 bits per heavy atom. The first-order valence-corrected chi connectivity index (χ1v) is 8.52. The van der Waals surface area contributed by atoms with Crippen molar-refractivity contribution in [3.63, 3.8) is 0 Å². The van der Waals surface area contributed by atoms with Crippen LogP contribution in [0.5, 0.6) is 5.75 Å². The average Bonchev–Trinajstić information content (AvgIpc) is 2.96. The topological polar surface area (TPSA) is 122 Å². The van der Waals surface area contributed by atoms with Gasteiger partial charge in [0.1, 0.15) is 11.5 Å². The van der Waals surface area contributed by atoms with Gasteiger partial charge in [-0.05, 0) is 39.0 Å². The molecule has 0 radical (unpaired) electrons. The summed E-state index contributed by atoms with van der Waals surface area (Å²) in [5.41, 5.74) is 2.37. The number of aryl methyl sites for hydroxylation is 2. The summed E-state index contributed by atoms with van der Waals surface area (Å²) in [6, 6.07) is 4.86. The van der Waals surface area contributed by atoms with E-state index in [1.165, 1.54) is 0 Å². The number of hydrogen-bond acceptors (Lipinski definition) is 6. The van der Waals surface area contributed by atoms with Crippen LogP contribution in [0.4, 0.5) is 11.4 Å². The van der Waals surface area contributed by atoms with Crippen molar-refractivity contribution in [2.24, 2.45) is 0 Å². The van der Waals surface area contributed by atoms with Crippen LogP contribution in [-0.2, 0) is 20.9 Å². The number of carbonyl (C=O) groups excluding carboxylic acids is 2. The van der Waals surface area contributed by atoms with Gasteiger partial charge in [-0.1, -0.05) is 5.16 Å². The molecule has 9 nitrogen and oxygen atoms in total. The number of nitrogens with one attached hydrogen (secondary N) is 1. The molecule has 0 aliphatic carbocycles. The van der Waals surface area contributed by atoms with Gasteiger partial charge in [0.05, 0.1) is 17.9 Å². The molecule has 2 heterocycles. The van der Waals surface area contributed by atoms with E-state index in [1.807, 2.05) is 0 Å². The molecule has 1 aliphatic rings. The second-order valence-electron chi connectivity index (χ2n) is 6.33. The Morgan fingerprint density at radius 1 is 1.32 bits per heavy atom. The van der Waals surface area contributed by atoms with Crippen molar-refractivity contribution in [3.8, 4) is 5.75 Å². The molecule has 1 atom stereocenters. The molecule has 9 heteroatoms. The van der Waals surface area contributed by atoms with Crippen molar-refractivity contribution >= 4 is 29.2 Å². The third-order valence-electron chi connectivity index (χ3n) is 4.31. The van der Waals surface area contributed by atoms with Crippen LogP contribution >= 0.6 is 0 Å². The molecule has 0 saturated heterocycles. The number of carboxylic acids is 1. The zero-order chi connectivity index (χ0) is 20.4. The summed E-state index contributed by atoms with van der Waals surface area (Å²) >= 11 is 0. The number of ether oxygens (including phenoxy) is 1. The molecule has 1 aliphatic heterocycles. The fourth-order valence-electron chi connectivity index (χ4n) is 2.86. The van der Waals surface area contributed by atoms with Crippen LogP contribution in [0.1, 0.15) is 23.9 Å². The van der Waals surface area contributed by atoms with E-state index in [1.54, 1.807) is 43.9 Å². The van der Waals surface area contributed by atoms with Crippen molar-refractivity contribution in [1.82, 2.24) is 5.16 Å². The van der Waals surface area contributed by atoms with Crippen LogP contribution in [0.25, 0.3) is 0 Å². The van der Waals surface area contributed by atoms with Crippen LogP contribution in [0.2, 0.25) is 0 Å². The maximum absolute atomic E-state index is 12.7. The third-order valence-corrected chi connectivity index (χ3v) is 4.31. The van der Waals surface area contributed by atoms with Gasteiger partial charge < -0.3 is 24.6 Å². The van der Waals surface area contributed by atoms with Crippen molar-refractivity contribution in [2.75, 3.05) is 10.2 Å². The highest BCUT2D eigenvalue weighted by Gasteiger charge is 2.33. The number of fused-ring (bicyclic) bond motifs is 1. The number of aliphatic carboxylic acids is 1. The predicted molar refractivity (Wildman–Crippen MR) is 99.1 cm³/mol. The van der Waals surface area contributed by atoms with Gasteiger partial charge in [-0.2, -0.15) is 0 Å². The van der Waals surface area contributed by atoms with Gasteiger partial charge in [-0.15, -0.1) is 0 Å². The first-order chi connectivity index (χ1) is 13.3. The molecule has 1 unspecified atom stereocenters. The summed E-state index contributed by atoms with van der Waals surface area (Å²) in [4.78, 5) is 36.6. The van der Waals surface area contributed by atoms with E-state index < -0.39 is 18.0 Å². The van der Waals surface area contributed by atoms with Crippen LogP contribution in [0, 0.1) is 13.8 Å². The summed E-state index contributed by atoms with van der Waals surface area (Å²) < 4.78 is 10.8. The molecular formula is C19H19N3O6. The number of carbonyl (C=O) groups is 3. The zero-order valence-electron chi connectivity index (χ0n) is 15.6. The standard InChI is InChI=1S/C19H19N3O6/c1-10-14(11(2)28-21-10)9-22-15-8-13(20-17(23)6-7-18(24)25)4-5-16(15)27-12(3)19(22)26/h4-8,12H,9H2,1-3H3,(H,20,23)(H,24,25)/b7-6+. The molecule has 2 aromatic rings. The zero-order valence-corrected chi connectivity index (χ0v) is 15.6. The Hall–Kier alpha value is -3.62. The molecule has 0 saturated carbocycles. The highest BCUT2D eigenvalue weighted by atomic mass is 16.5. The van der Waals surface area contributed by atoms with Crippen LogP contribution < -0.4 is 15.0 Å². The number of benzene rings is 1. The summed E-state index contributed by atoms with van der Waals surface area (Å²) in [7, 11) is 0. The smallest absolute Gasteiger partial charge is 0.328 e. The maximum Gasteiger partial charge on any atom is 0.328 e. The van der Waals surface area contributed by atoms with E-state index in [4.69, 9.17) is 14.4 Å². The Labute approximate surface area is 160 Å². The lowest BCUT2D eigenvalue weighted by molar-refractivity contribution is -0.131. The van der Waals surface area contributed by atoms with Crippen LogP contribution in [0.15, 0.2) is 34.9 Å². The molecular weight excluding hydrogens is 366 g/mol. The molecule has 2 amide bonds. The number of hydrogen-bond donors (Lipinski definition) is 2. The summed E-state index contributed by atoms with van der Waals surface area (Å²) in [5.74, 6) is -0.941. The molecule has 1 aromatic heterocycles. The predicted octanol–water partition coefficient (Wildman–Crippen LogP) is 2.18. The highest BCUT2D eigenvalue weighted by molar-refractivity contribution is 6.04. The number of carboxylic acid groups (broad SMARTS) is 1. The number of nitrogens with zero attached hydrogens (tertiary/aromatic N) is 2. The van der Waals surface area contributed by atoms with Crippen molar-refractivity contribution in [2.45, 2.75) is 33.4 Å². The SMILES string of the molecule is Cc1noc(C)c1CN1C(=O)C(C)Oc2ccc(NC(=O)/C=C/C(=O)O)cc21. The van der Waals surface area contributed by atoms with Gasteiger partial charge in [-0.3, -0.25) is 9.59 Å². The van der Waals surface area contributed by atoms with Crippen molar-refractivity contribution < 1.29 is 28.8 Å². The molecule has 2 N–H and O–H groups in total. The fourth-order valence-corrected chi connectivity index (χ4v) is 2.86. The quantitative estimate of drug-likeness (QED) is 0.757. The van der Waals surface area contributed by atoms with Gasteiger partial charge in [-0.25, -0.2) is 4.79 Å². The Morgan fingerprint density at radius 2 is 2.07 bits per heavy atom. The number of anilines is 2. The molecule has 0 bridgehead atoms. The summed E-state index contributed by atoms with van der Waals surface area (Å²) in [6.45, 7) is 5.48. The van der Waals surface area contributed by atoms with Crippen LogP contribution in [-0.4, -0.2) is 34.2 Å². The van der Waals surface area contributed by atoms with Crippen molar-refractivity contribution in [1.29, 1.82) is 0 Å². The first kappa shape index (κ1) is 19.2. The van der Waals surface area contributed by atoms with Crippen LogP contribution in [0.3, 0.4) is 0 Å². The van der Waals surface area contributed by atoms with Gasteiger partial charge in [0.15, 0.2) is 6.10 Å². The number of amides is 2. The van der Waals surface area contributed by atoms with E-state index >= 15 is 0 Å². The highest BCUT2D eigenvalue weighted by Crippen LogP contribution is 2.37. The van der Waals surface area contributed by atoms with E-state index in [2.05, 4.69) is 10.5 Å². The lowest BCUT2D eigenvalue weighted by Crippen LogP contribution is -2.44. The Kier molecular flexibility index (Phi) is 5.16. The minimum absolute atomic E-state index is 0.234. The van der Waals surface area contributed by atoms with E-state index in [0.29, 0.717) is 28.6 Å². The second kappa shape index (κ2) is 7.55. The third kappa shape index (κ3) is 3.88. The van der Waals surface area contributed by atoms with E-state index in [9.17, 15) is 14.4 Å². The Bertz CT molecular complexity index is 959. The molecule has 0 fully saturated rings. The average molecular weight is 385 g/mol. The molecule has 28 heavy (non-hydrogen) atoms. The Balaban J connectivity index is 1.92. The lowest BCUT2D eigenvalue weighted by Gasteiger charge is -2.33.